The van der Waals surface area contributed by atoms with Gasteiger partial charge in [0.05, 0.1) is 18.5 Å². The van der Waals surface area contributed by atoms with Gasteiger partial charge in [0.2, 0.25) is 5.88 Å². The van der Waals surface area contributed by atoms with Crippen molar-refractivity contribution < 1.29 is 9.84 Å². The lowest BCUT2D eigenvalue weighted by Gasteiger charge is -2.13. The SMILES string of the molecule is CCO.CCc1nc(-c2ccc(OC)nc2C)n(C)c(=O)c1N.c1ccc2c(c1)CCC2. The Kier molecular flexibility index (Phi) is 9.40. The Hall–Kier alpha value is -3.19. The Bertz CT molecular complexity index is 1070. The molecule has 0 fully saturated rings. The van der Waals surface area contributed by atoms with Gasteiger partial charge in [-0.05, 0) is 56.7 Å². The van der Waals surface area contributed by atoms with Crippen molar-refractivity contribution in [2.45, 2.75) is 46.5 Å². The summed E-state index contributed by atoms with van der Waals surface area (Å²) < 4.78 is 6.53. The highest BCUT2D eigenvalue weighted by Gasteiger charge is 2.15. The van der Waals surface area contributed by atoms with Crippen LogP contribution in [0.5, 0.6) is 5.88 Å². The largest absolute Gasteiger partial charge is 0.481 e. The fourth-order valence-corrected chi connectivity index (χ4v) is 3.58. The van der Waals surface area contributed by atoms with E-state index < -0.39 is 0 Å². The summed E-state index contributed by atoms with van der Waals surface area (Å²) in [6.45, 7) is 5.70. The van der Waals surface area contributed by atoms with Crippen LogP contribution in [0, 0.1) is 6.92 Å². The number of hydrogen-bond donors (Lipinski definition) is 2. The number of methoxy groups -OCH3 is 1. The summed E-state index contributed by atoms with van der Waals surface area (Å²) in [4.78, 5) is 20.9. The van der Waals surface area contributed by atoms with E-state index in [1.165, 1.54) is 23.8 Å². The monoisotopic (exact) mass is 438 g/mol. The van der Waals surface area contributed by atoms with Crippen molar-refractivity contribution >= 4 is 5.69 Å². The second-order valence-corrected chi connectivity index (χ2v) is 7.44. The van der Waals surface area contributed by atoms with Gasteiger partial charge in [-0.3, -0.25) is 9.36 Å². The second-order valence-electron chi connectivity index (χ2n) is 7.44. The minimum Gasteiger partial charge on any atom is -0.481 e. The lowest BCUT2D eigenvalue weighted by Crippen LogP contribution is -2.25. The predicted molar refractivity (Wildman–Crippen MR) is 129 cm³/mol. The molecule has 1 aliphatic rings. The summed E-state index contributed by atoms with van der Waals surface area (Å²) in [6.07, 6.45) is 4.57. The molecule has 2 heterocycles. The average molecular weight is 439 g/mol. The van der Waals surface area contributed by atoms with Crippen molar-refractivity contribution in [1.29, 1.82) is 0 Å². The fraction of sp³-hybridized carbons (Fsp3) is 0.400. The van der Waals surface area contributed by atoms with E-state index in [-0.39, 0.29) is 17.9 Å². The number of aryl methyl sites for hydroxylation is 4. The molecule has 0 saturated carbocycles. The Balaban J connectivity index is 0.000000248. The zero-order chi connectivity index (χ0) is 23.7. The molecule has 0 bridgehead atoms. The summed E-state index contributed by atoms with van der Waals surface area (Å²) in [5, 5.41) is 7.57. The molecule has 0 unspecified atom stereocenters. The number of aliphatic hydroxyl groups is 1. The van der Waals surface area contributed by atoms with Crippen LogP contribution in [-0.4, -0.2) is 33.4 Å². The number of benzene rings is 1. The van der Waals surface area contributed by atoms with Crippen molar-refractivity contribution in [3.8, 4) is 17.3 Å². The number of nitrogen functional groups attached to an aromatic ring is 1. The minimum absolute atomic E-state index is 0.206. The first-order valence-corrected chi connectivity index (χ1v) is 10.9. The van der Waals surface area contributed by atoms with Gasteiger partial charge < -0.3 is 15.6 Å². The maximum absolute atomic E-state index is 12.1. The van der Waals surface area contributed by atoms with Crippen LogP contribution in [0.1, 0.15) is 42.8 Å². The molecule has 7 nitrogen and oxygen atoms in total. The van der Waals surface area contributed by atoms with Gasteiger partial charge in [-0.15, -0.1) is 0 Å². The van der Waals surface area contributed by atoms with E-state index in [2.05, 4.69) is 34.2 Å². The van der Waals surface area contributed by atoms with Crippen LogP contribution in [0.15, 0.2) is 41.2 Å². The molecule has 4 rings (SSSR count). The highest BCUT2D eigenvalue weighted by atomic mass is 16.5. The zero-order valence-corrected chi connectivity index (χ0v) is 19.7. The maximum atomic E-state index is 12.1. The first-order valence-electron chi connectivity index (χ1n) is 10.9. The summed E-state index contributed by atoms with van der Waals surface area (Å²) in [7, 11) is 3.22. The Labute approximate surface area is 189 Å². The normalized spacial score (nSPS) is 11.6. The Morgan fingerprint density at radius 1 is 1.09 bits per heavy atom. The van der Waals surface area contributed by atoms with Gasteiger partial charge in [0, 0.05) is 25.3 Å². The van der Waals surface area contributed by atoms with Crippen LogP contribution < -0.4 is 16.0 Å². The molecule has 2 aromatic heterocycles. The van der Waals surface area contributed by atoms with Crippen LogP contribution in [0.2, 0.25) is 0 Å². The van der Waals surface area contributed by atoms with Gasteiger partial charge in [0.25, 0.3) is 5.56 Å². The molecule has 0 atom stereocenters. The molecular weight excluding hydrogens is 404 g/mol. The molecule has 3 aromatic rings. The van der Waals surface area contributed by atoms with Crippen LogP contribution in [0.25, 0.3) is 11.4 Å². The molecule has 0 spiro atoms. The predicted octanol–water partition coefficient (Wildman–Crippen LogP) is 3.48. The first kappa shape index (κ1) is 25.1. The molecule has 0 saturated heterocycles. The lowest BCUT2D eigenvalue weighted by molar-refractivity contribution is 0.318. The van der Waals surface area contributed by atoms with Gasteiger partial charge in [-0.25, -0.2) is 9.97 Å². The van der Waals surface area contributed by atoms with E-state index in [0.717, 1.165) is 11.3 Å². The van der Waals surface area contributed by atoms with Crippen molar-refractivity contribution in [2.24, 2.45) is 7.05 Å². The number of pyridine rings is 1. The standard InChI is InChI=1S/C14H18N4O2.C9H10.C2H6O/c1-5-10-12(15)14(19)18(3)13(17-10)9-6-7-11(20-4)16-8(9)2;1-2-5-9-7-3-6-8(9)4-1;1-2-3/h6-7H,5,15H2,1-4H3;1-2,4-5H,3,6-7H2;3H,2H2,1H3. The van der Waals surface area contributed by atoms with Gasteiger partial charge in [-0.1, -0.05) is 31.2 Å². The number of aliphatic hydroxyl groups excluding tert-OH is 1. The Morgan fingerprint density at radius 3 is 2.19 bits per heavy atom. The quantitative estimate of drug-likeness (QED) is 0.649. The number of nitrogens with two attached hydrogens (primary N) is 1. The highest BCUT2D eigenvalue weighted by molar-refractivity contribution is 5.61. The molecule has 172 valence electrons. The van der Waals surface area contributed by atoms with Crippen LogP contribution in [0.3, 0.4) is 0 Å². The number of rotatable bonds is 3. The van der Waals surface area contributed by atoms with Crippen molar-refractivity contribution in [2.75, 3.05) is 19.5 Å². The summed E-state index contributed by atoms with van der Waals surface area (Å²) in [5.74, 6) is 1.09. The molecule has 1 aliphatic carbocycles. The van der Waals surface area contributed by atoms with Crippen LogP contribution in [-0.2, 0) is 26.3 Å². The molecule has 3 N–H and O–H groups in total. The van der Waals surface area contributed by atoms with Gasteiger partial charge >= 0.3 is 0 Å². The molecule has 0 aliphatic heterocycles. The van der Waals surface area contributed by atoms with Crippen LogP contribution in [0.4, 0.5) is 5.69 Å². The maximum Gasteiger partial charge on any atom is 0.276 e. The van der Waals surface area contributed by atoms with E-state index in [0.29, 0.717) is 23.8 Å². The number of fused-ring (bicyclic) bond motifs is 1. The molecule has 0 radical (unpaired) electrons. The van der Waals surface area contributed by atoms with Crippen LogP contribution >= 0.6 is 0 Å². The number of aromatic nitrogens is 3. The topological polar surface area (TPSA) is 103 Å². The van der Waals surface area contributed by atoms with E-state index in [4.69, 9.17) is 15.6 Å². The highest BCUT2D eigenvalue weighted by Crippen LogP contribution is 2.23. The van der Waals surface area contributed by atoms with E-state index in [1.54, 1.807) is 38.3 Å². The van der Waals surface area contributed by atoms with Crippen molar-refractivity contribution in [3.05, 3.63) is 69.3 Å². The average Bonchev–Trinajstić information content (AvgIpc) is 3.28. The van der Waals surface area contributed by atoms with Gasteiger partial charge in [0.15, 0.2) is 0 Å². The lowest BCUT2D eigenvalue weighted by atomic mass is 10.1. The van der Waals surface area contributed by atoms with Crippen molar-refractivity contribution in [1.82, 2.24) is 14.5 Å². The Morgan fingerprint density at radius 2 is 1.69 bits per heavy atom. The molecule has 32 heavy (non-hydrogen) atoms. The summed E-state index contributed by atoms with van der Waals surface area (Å²) in [5.41, 5.74) is 11.0. The molecular formula is C25H34N4O3. The smallest absolute Gasteiger partial charge is 0.276 e. The molecule has 7 heteroatoms. The van der Waals surface area contributed by atoms with E-state index in [9.17, 15) is 4.79 Å². The van der Waals surface area contributed by atoms with Gasteiger partial charge in [0.1, 0.15) is 11.5 Å². The second kappa shape index (κ2) is 12.0. The number of ether oxygens (including phenoxy) is 1. The number of nitrogens with zero attached hydrogens (tertiary/aromatic N) is 3. The third kappa shape index (κ3) is 5.95. The van der Waals surface area contributed by atoms with Gasteiger partial charge in [-0.2, -0.15) is 0 Å². The third-order valence-corrected chi connectivity index (χ3v) is 5.26. The minimum atomic E-state index is -0.234. The zero-order valence-electron chi connectivity index (χ0n) is 19.7. The number of anilines is 1. The van der Waals surface area contributed by atoms with Crippen molar-refractivity contribution in [3.63, 3.8) is 0 Å². The number of hydrogen-bond acceptors (Lipinski definition) is 6. The molecule has 1 aromatic carbocycles. The molecule has 0 amide bonds. The summed E-state index contributed by atoms with van der Waals surface area (Å²) in [6, 6.07) is 12.3. The first-order chi connectivity index (χ1) is 15.4. The van der Waals surface area contributed by atoms with E-state index >= 15 is 0 Å². The third-order valence-electron chi connectivity index (χ3n) is 5.26. The fourth-order valence-electron chi connectivity index (χ4n) is 3.58. The van der Waals surface area contributed by atoms with E-state index in [1.807, 2.05) is 19.9 Å². The summed E-state index contributed by atoms with van der Waals surface area (Å²) >= 11 is 0.